The highest BCUT2D eigenvalue weighted by molar-refractivity contribution is 5.85. The van der Waals surface area contributed by atoms with Crippen molar-refractivity contribution in [3.8, 4) is 0 Å². The average molecular weight is 289 g/mol. The number of esters is 1. The quantitative estimate of drug-likeness (QED) is 0.597. The Hall–Kier alpha value is -2.30. The van der Waals surface area contributed by atoms with Crippen molar-refractivity contribution in [1.29, 1.82) is 0 Å². The van der Waals surface area contributed by atoms with Gasteiger partial charge in [-0.05, 0) is 12.0 Å². The molecule has 112 valence electrons. The van der Waals surface area contributed by atoms with Crippen molar-refractivity contribution in [2.75, 3.05) is 0 Å². The lowest BCUT2D eigenvalue weighted by Crippen LogP contribution is -2.43. The maximum absolute atomic E-state index is 12.1. The minimum atomic E-state index is -0.726. The van der Waals surface area contributed by atoms with Crippen molar-refractivity contribution in [3.63, 3.8) is 0 Å². The number of rotatable bonds is 6. The Morgan fingerprint density at radius 2 is 2.14 bits per heavy atom. The number of carbonyl (C=O) groups is 2. The van der Waals surface area contributed by atoms with Gasteiger partial charge in [0, 0.05) is 0 Å². The molecular formula is C16H19NO4. The molecule has 0 N–H and O–H groups in total. The lowest BCUT2D eigenvalue weighted by atomic mass is 10.1. The van der Waals surface area contributed by atoms with Crippen LogP contribution in [0.1, 0.15) is 25.3 Å². The molecule has 1 aliphatic rings. The van der Waals surface area contributed by atoms with Gasteiger partial charge in [-0.15, -0.1) is 0 Å². The molecule has 1 saturated heterocycles. The molecule has 21 heavy (non-hydrogen) atoms. The zero-order valence-electron chi connectivity index (χ0n) is 12.0. The summed E-state index contributed by atoms with van der Waals surface area (Å²) >= 11 is 0. The van der Waals surface area contributed by atoms with Crippen molar-refractivity contribution >= 4 is 12.1 Å². The van der Waals surface area contributed by atoms with Crippen molar-refractivity contribution in [2.24, 2.45) is 0 Å². The molecule has 0 saturated carbocycles. The predicted molar refractivity (Wildman–Crippen MR) is 77.2 cm³/mol. The van der Waals surface area contributed by atoms with Gasteiger partial charge in [-0.2, -0.15) is 0 Å². The highest BCUT2D eigenvalue weighted by atomic mass is 16.6. The summed E-state index contributed by atoms with van der Waals surface area (Å²) in [5.41, 5.74) is 0.933. The van der Waals surface area contributed by atoms with Crippen LogP contribution in [-0.2, 0) is 20.8 Å². The predicted octanol–water partition coefficient (Wildman–Crippen LogP) is 2.86. The highest BCUT2D eigenvalue weighted by Gasteiger charge is 2.46. The van der Waals surface area contributed by atoms with E-state index in [1.165, 1.54) is 4.90 Å². The van der Waals surface area contributed by atoms with Crippen LogP contribution in [-0.4, -0.2) is 29.1 Å². The Morgan fingerprint density at radius 1 is 1.43 bits per heavy atom. The van der Waals surface area contributed by atoms with Crippen LogP contribution >= 0.6 is 0 Å². The number of hydrogen-bond acceptors (Lipinski definition) is 4. The van der Waals surface area contributed by atoms with Crippen LogP contribution in [0, 0.1) is 0 Å². The zero-order valence-corrected chi connectivity index (χ0v) is 12.0. The number of benzene rings is 1. The number of carbonyl (C=O) groups excluding carboxylic acids is 2. The summed E-state index contributed by atoms with van der Waals surface area (Å²) in [6.07, 6.45) is 1.56. The van der Waals surface area contributed by atoms with Gasteiger partial charge in [0.05, 0.1) is 12.8 Å². The Labute approximate surface area is 124 Å². The van der Waals surface area contributed by atoms with Crippen LogP contribution in [0.15, 0.2) is 43.2 Å². The summed E-state index contributed by atoms with van der Waals surface area (Å²) in [6, 6.07) is 8.74. The maximum atomic E-state index is 12.1. The molecule has 1 heterocycles. The van der Waals surface area contributed by atoms with E-state index in [0.29, 0.717) is 13.0 Å². The molecule has 0 radical (unpaired) electrons. The highest BCUT2D eigenvalue weighted by Crippen LogP contribution is 2.26. The summed E-state index contributed by atoms with van der Waals surface area (Å²) in [4.78, 5) is 25.6. The second-order valence-corrected chi connectivity index (χ2v) is 4.87. The Morgan fingerprint density at radius 3 is 2.76 bits per heavy atom. The second-order valence-electron chi connectivity index (χ2n) is 4.87. The first-order valence-electron chi connectivity index (χ1n) is 7.00. The van der Waals surface area contributed by atoms with Crippen LogP contribution in [0.3, 0.4) is 0 Å². The molecule has 1 aromatic carbocycles. The number of amides is 1. The van der Waals surface area contributed by atoms with E-state index in [2.05, 4.69) is 6.58 Å². The summed E-state index contributed by atoms with van der Waals surface area (Å²) in [5, 5.41) is 0. The molecule has 1 amide bonds. The van der Waals surface area contributed by atoms with Gasteiger partial charge in [-0.3, -0.25) is 4.90 Å². The molecule has 0 aliphatic carbocycles. The van der Waals surface area contributed by atoms with Crippen molar-refractivity contribution in [2.45, 2.75) is 38.5 Å². The van der Waals surface area contributed by atoms with Crippen molar-refractivity contribution < 1.29 is 19.1 Å². The van der Waals surface area contributed by atoms with E-state index in [1.54, 1.807) is 0 Å². The van der Waals surface area contributed by atoms with E-state index in [0.717, 1.165) is 18.2 Å². The van der Waals surface area contributed by atoms with E-state index >= 15 is 0 Å². The minimum absolute atomic E-state index is 0.316. The molecule has 5 nitrogen and oxygen atoms in total. The Kier molecular flexibility index (Phi) is 4.98. The van der Waals surface area contributed by atoms with Crippen LogP contribution in [0.2, 0.25) is 0 Å². The fourth-order valence-electron chi connectivity index (χ4n) is 2.45. The third-order valence-electron chi connectivity index (χ3n) is 3.38. The van der Waals surface area contributed by atoms with E-state index < -0.39 is 24.2 Å². The van der Waals surface area contributed by atoms with Crippen LogP contribution in [0.4, 0.5) is 4.79 Å². The fraction of sp³-hybridized carbons (Fsp3) is 0.375. The fourth-order valence-corrected chi connectivity index (χ4v) is 2.45. The largest absolute Gasteiger partial charge is 0.443 e. The summed E-state index contributed by atoms with van der Waals surface area (Å²) in [5.74, 6) is -0.509. The van der Waals surface area contributed by atoms with E-state index in [-0.39, 0.29) is 0 Å². The smallest absolute Gasteiger partial charge is 0.411 e. The van der Waals surface area contributed by atoms with E-state index in [4.69, 9.17) is 9.47 Å². The number of nitrogens with zero attached hydrogens (tertiary/aromatic N) is 1. The van der Waals surface area contributed by atoms with Gasteiger partial charge in [-0.1, -0.05) is 50.3 Å². The molecule has 0 unspecified atom stereocenters. The Bertz CT molecular complexity index is 514. The molecule has 2 rings (SSSR count). The van der Waals surface area contributed by atoms with Gasteiger partial charge in [0.15, 0.2) is 6.04 Å². The molecule has 0 bridgehead atoms. The zero-order chi connectivity index (χ0) is 15.2. The van der Waals surface area contributed by atoms with Crippen LogP contribution in [0.25, 0.3) is 0 Å². The van der Waals surface area contributed by atoms with Crippen LogP contribution in [0.5, 0.6) is 0 Å². The van der Waals surface area contributed by atoms with Gasteiger partial charge >= 0.3 is 12.1 Å². The normalized spacial score (nSPS) is 21.0. The van der Waals surface area contributed by atoms with Gasteiger partial charge < -0.3 is 9.47 Å². The van der Waals surface area contributed by atoms with Gasteiger partial charge in [-0.25, -0.2) is 9.59 Å². The molecular weight excluding hydrogens is 270 g/mol. The van der Waals surface area contributed by atoms with E-state index in [9.17, 15) is 9.59 Å². The summed E-state index contributed by atoms with van der Waals surface area (Å²) in [7, 11) is 0. The standard InChI is InChI=1S/C16H19NO4/c1-3-8-13-14(15(18)20-4-2)17(16(19)21-13)11-12-9-6-5-7-10-12/h4-7,9-10,13-14H,2-3,8,11H2,1H3/t13-,14+/m0/s1. The maximum Gasteiger partial charge on any atom is 0.411 e. The monoisotopic (exact) mass is 289 g/mol. The molecule has 1 aliphatic heterocycles. The molecule has 1 aromatic rings. The molecule has 0 spiro atoms. The lowest BCUT2D eigenvalue weighted by molar-refractivity contribution is -0.144. The summed E-state index contributed by atoms with van der Waals surface area (Å²) in [6.45, 7) is 5.68. The minimum Gasteiger partial charge on any atom is -0.443 e. The van der Waals surface area contributed by atoms with Crippen molar-refractivity contribution in [1.82, 2.24) is 4.90 Å². The first-order chi connectivity index (χ1) is 10.2. The number of hydrogen-bond donors (Lipinski definition) is 0. The first-order valence-corrected chi connectivity index (χ1v) is 7.00. The van der Waals surface area contributed by atoms with Gasteiger partial charge in [0.2, 0.25) is 0 Å². The van der Waals surface area contributed by atoms with Gasteiger partial charge in [0.25, 0.3) is 0 Å². The number of ether oxygens (including phenoxy) is 2. The average Bonchev–Trinajstić information content (AvgIpc) is 2.77. The molecule has 0 aromatic heterocycles. The molecule has 2 atom stereocenters. The van der Waals surface area contributed by atoms with Crippen molar-refractivity contribution in [3.05, 3.63) is 48.7 Å². The first kappa shape index (κ1) is 15.1. The number of cyclic esters (lactones) is 1. The summed E-state index contributed by atoms with van der Waals surface area (Å²) < 4.78 is 10.2. The topological polar surface area (TPSA) is 55.8 Å². The Balaban J connectivity index is 2.20. The lowest BCUT2D eigenvalue weighted by Gasteiger charge is -2.22. The van der Waals surface area contributed by atoms with Crippen LogP contribution < -0.4 is 0 Å². The van der Waals surface area contributed by atoms with E-state index in [1.807, 2.05) is 37.3 Å². The third-order valence-corrected chi connectivity index (χ3v) is 3.38. The third kappa shape index (κ3) is 3.42. The second kappa shape index (κ2) is 6.92. The molecule has 5 heteroatoms. The van der Waals surface area contributed by atoms with Gasteiger partial charge in [0.1, 0.15) is 6.10 Å². The SMILES string of the molecule is C=COC(=O)[C@H]1[C@H](CCC)OC(=O)N1Cc1ccccc1. The molecule has 1 fully saturated rings.